The van der Waals surface area contributed by atoms with Gasteiger partial charge in [0.25, 0.3) is 0 Å². The number of piperidine rings is 1. The quantitative estimate of drug-likeness (QED) is 0.632. The SMILES string of the molecule is CC(C)(C)COC(=O)C1CCC[N]C1. The number of nitrogens with zero attached hydrogens (tertiary/aromatic N) is 1. The van der Waals surface area contributed by atoms with Gasteiger partial charge >= 0.3 is 5.97 Å². The third kappa shape index (κ3) is 4.09. The lowest BCUT2D eigenvalue weighted by Gasteiger charge is -2.23. The molecule has 81 valence electrons. The molecule has 1 unspecified atom stereocenters. The number of carbonyl (C=O) groups is 1. The number of hydrogen-bond acceptors (Lipinski definition) is 2. The standard InChI is InChI=1S/C11H20NO2/c1-11(2,3)8-14-10(13)9-5-4-6-12-7-9/h9H,4-8H2,1-3H3. The molecule has 1 saturated heterocycles. The Hall–Kier alpha value is -0.570. The molecule has 14 heavy (non-hydrogen) atoms. The zero-order valence-corrected chi connectivity index (χ0v) is 9.38. The lowest BCUT2D eigenvalue weighted by atomic mass is 9.97. The number of carbonyl (C=O) groups excluding carboxylic acids is 1. The van der Waals surface area contributed by atoms with E-state index in [-0.39, 0.29) is 17.3 Å². The van der Waals surface area contributed by atoms with E-state index in [1.165, 1.54) is 0 Å². The molecule has 0 bridgehead atoms. The van der Waals surface area contributed by atoms with Crippen LogP contribution >= 0.6 is 0 Å². The Morgan fingerprint density at radius 2 is 2.21 bits per heavy atom. The van der Waals surface area contributed by atoms with Crippen LogP contribution in [0.15, 0.2) is 0 Å². The fourth-order valence-electron chi connectivity index (χ4n) is 1.39. The fraction of sp³-hybridized carbons (Fsp3) is 0.909. The Balaban J connectivity index is 2.27. The van der Waals surface area contributed by atoms with Crippen LogP contribution in [0.2, 0.25) is 0 Å². The molecule has 1 aliphatic heterocycles. The average molecular weight is 198 g/mol. The molecular weight excluding hydrogens is 178 g/mol. The van der Waals surface area contributed by atoms with Crippen molar-refractivity contribution < 1.29 is 9.53 Å². The van der Waals surface area contributed by atoms with E-state index in [0.717, 1.165) is 19.4 Å². The highest BCUT2D eigenvalue weighted by molar-refractivity contribution is 5.72. The summed E-state index contributed by atoms with van der Waals surface area (Å²) in [6.07, 6.45) is 1.96. The summed E-state index contributed by atoms with van der Waals surface area (Å²) in [5, 5.41) is 4.22. The minimum Gasteiger partial charge on any atom is -0.465 e. The third-order valence-electron chi connectivity index (χ3n) is 2.20. The second kappa shape index (κ2) is 4.78. The van der Waals surface area contributed by atoms with Crippen LogP contribution in [0.25, 0.3) is 0 Å². The molecule has 1 rings (SSSR count). The maximum atomic E-state index is 11.6. The molecule has 1 atom stereocenters. The highest BCUT2D eigenvalue weighted by atomic mass is 16.5. The summed E-state index contributed by atoms with van der Waals surface area (Å²) in [6.45, 7) is 8.25. The minimum atomic E-state index is -0.0663. The zero-order valence-electron chi connectivity index (χ0n) is 9.38. The molecule has 0 aromatic heterocycles. The van der Waals surface area contributed by atoms with Gasteiger partial charge in [-0.25, -0.2) is 5.32 Å². The first-order valence-corrected chi connectivity index (χ1v) is 5.29. The summed E-state index contributed by atoms with van der Waals surface area (Å²) in [5.41, 5.74) is 0.0570. The largest absolute Gasteiger partial charge is 0.465 e. The molecule has 0 saturated carbocycles. The normalized spacial score (nSPS) is 23.2. The number of ether oxygens (including phenoxy) is 1. The van der Waals surface area contributed by atoms with Crippen molar-refractivity contribution in [3.8, 4) is 0 Å². The summed E-state index contributed by atoms with van der Waals surface area (Å²) in [7, 11) is 0. The lowest BCUT2D eigenvalue weighted by Crippen LogP contribution is -2.32. The van der Waals surface area contributed by atoms with Crippen LogP contribution in [0.4, 0.5) is 0 Å². The molecule has 1 heterocycles. The first-order valence-electron chi connectivity index (χ1n) is 5.29. The summed E-state index contributed by atoms with van der Waals surface area (Å²) in [5.74, 6) is -0.0468. The summed E-state index contributed by atoms with van der Waals surface area (Å²) < 4.78 is 5.25. The minimum absolute atomic E-state index is 0.0195. The second-order valence-corrected chi connectivity index (χ2v) is 5.14. The molecule has 0 N–H and O–H groups in total. The molecule has 1 aliphatic rings. The Labute approximate surface area is 86.2 Å². The lowest BCUT2D eigenvalue weighted by molar-refractivity contribution is -0.151. The highest BCUT2D eigenvalue weighted by Gasteiger charge is 2.24. The van der Waals surface area contributed by atoms with Crippen LogP contribution in [-0.2, 0) is 9.53 Å². The maximum Gasteiger partial charge on any atom is 0.310 e. The highest BCUT2D eigenvalue weighted by Crippen LogP contribution is 2.17. The van der Waals surface area contributed by atoms with Gasteiger partial charge in [-0.1, -0.05) is 20.8 Å². The van der Waals surface area contributed by atoms with Gasteiger partial charge in [-0.15, -0.1) is 0 Å². The Bertz CT molecular complexity index is 190. The van der Waals surface area contributed by atoms with Gasteiger partial charge in [-0.05, 0) is 18.3 Å². The van der Waals surface area contributed by atoms with Crippen LogP contribution in [0.3, 0.4) is 0 Å². The molecular formula is C11H20NO2. The van der Waals surface area contributed by atoms with Gasteiger partial charge in [0.15, 0.2) is 0 Å². The Morgan fingerprint density at radius 3 is 2.71 bits per heavy atom. The predicted molar refractivity (Wildman–Crippen MR) is 55.0 cm³/mol. The van der Waals surface area contributed by atoms with Crippen LogP contribution in [0.5, 0.6) is 0 Å². The molecule has 0 aliphatic carbocycles. The number of esters is 1. The van der Waals surface area contributed by atoms with Crippen LogP contribution < -0.4 is 5.32 Å². The first-order chi connectivity index (χ1) is 6.49. The third-order valence-corrected chi connectivity index (χ3v) is 2.20. The van der Waals surface area contributed by atoms with Crippen molar-refractivity contribution >= 4 is 5.97 Å². The summed E-state index contributed by atoms with van der Waals surface area (Å²) in [6, 6.07) is 0. The van der Waals surface area contributed by atoms with E-state index in [2.05, 4.69) is 26.1 Å². The monoisotopic (exact) mass is 198 g/mol. The van der Waals surface area contributed by atoms with Gasteiger partial charge in [0, 0.05) is 13.1 Å². The summed E-state index contributed by atoms with van der Waals surface area (Å²) in [4.78, 5) is 11.6. The van der Waals surface area contributed by atoms with E-state index in [1.54, 1.807) is 0 Å². The van der Waals surface area contributed by atoms with Crippen molar-refractivity contribution in [3.05, 3.63) is 0 Å². The van der Waals surface area contributed by atoms with Crippen molar-refractivity contribution in [2.75, 3.05) is 19.7 Å². The number of rotatable bonds is 2. The smallest absolute Gasteiger partial charge is 0.310 e. The molecule has 0 aromatic rings. The van der Waals surface area contributed by atoms with E-state index in [1.807, 2.05) is 0 Å². The Kier molecular flexibility index (Phi) is 3.93. The van der Waals surface area contributed by atoms with Gasteiger partial charge in [0.1, 0.15) is 0 Å². The van der Waals surface area contributed by atoms with Gasteiger partial charge in [0.2, 0.25) is 0 Å². The van der Waals surface area contributed by atoms with Crippen molar-refractivity contribution in [3.63, 3.8) is 0 Å². The van der Waals surface area contributed by atoms with Crippen LogP contribution in [0.1, 0.15) is 33.6 Å². The van der Waals surface area contributed by atoms with Gasteiger partial charge < -0.3 is 4.74 Å². The molecule has 1 radical (unpaired) electrons. The summed E-state index contributed by atoms with van der Waals surface area (Å²) >= 11 is 0. The fourth-order valence-corrected chi connectivity index (χ4v) is 1.39. The van der Waals surface area contributed by atoms with Crippen molar-refractivity contribution in [1.82, 2.24) is 5.32 Å². The van der Waals surface area contributed by atoms with E-state index >= 15 is 0 Å². The van der Waals surface area contributed by atoms with Crippen LogP contribution in [-0.4, -0.2) is 25.7 Å². The van der Waals surface area contributed by atoms with Gasteiger partial charge in [-0.2, -0.15) is 0 Å². The molecule has 0 amide bonds. The molecule has 0 aromatic carbocycles. The number of hydrogen-bond donors (Lipinski definition) is 0. The molecule has 3 heteroatoms. The van der Waals surface area contributed by atoms with Gasteiger partial charge in [0.05, 0.1) is 12.5 Å². The maximum absolute atomic E-state index is 11.6. The van der Waals surface area contributed by atoms with Crippen LogP contribution in [0, 0.1) is 11.3 Å². The molecule has 3 nitrogen and oxygen atoms in total. The van der Waals surface area contributed by atoms with Crippen molar-refractivity contribution in [2.24, 2.45) is 11.3 Å². The van der Waals surface area contributed by atoms with E-state index < -0.39 is 0 Å². The first kappa shape index (κ1) is 11.5. The molecule has 1 fully saturated rings. The Morgan fingerprint density at radius 1 is 1.50 bits per heavy atom. The van der Waals surface area contributed by atoms with Gasteiger partial charge in [-0.3, -0.25) is 4.79 Å². The van der Waals surface area contributed by atoms with E-state index in [9.17, 15) is 4.79 Å². The average Bonchev–Trinajstić information content (AvgIpc) is 2.14. The van der Waals surface area contributed by atoms with Crippen molar-refractivity contribution in [2.45, 2.75) is 33.6 Å². The zero-order chi connectivity index (χ0) is 10.6. The predicted octanol–water partition coefficient (Wildman–Crippen LogP) is 1.59. The topological polar surface area (TPSA) is 40.4 Å². The van der Waals surface area contributed by atoms with E-state index in [0.29, 0.717) is 13.2 Å². The second-order valence-electron chi connectivity index (χ2n) is 5.14. The van der Waals surface area contributed by atoms with E-state index in [4.69, 9.17) is 4.74 Å². The molecule has 0 spiro atoms. The van der Waals surface area contributed by atoms with Crippen molar-refractivity contribution in [1.29, 1.82) is 0 Å².